The predicted octanol–water partition coefficient (Wildman–Crippen LogP) is 3.94. The summed E-state index contributed by atoms with van der Waals surface area (Å²) in [6, 6.07) is 7.68. The van der Waals surface area contributed by atoms with Crippen LogP contribution >= 0.6 is 11.6 Å². The van der Waals surface area contributed by atoms with Crippen LogP contribution in [0.15, 0.2) is 24.3 Å². The number of piperidine rings is 1. The quantitative estimate of drug-likeness (QED) is 0.744. The fourth-order valence-electron chi connectivity index (χ4n) is 3.77. The lowest BCUT2D eigenvalue weighted by molar-refractivity contribution is -0.0154. The monoisotopic (exact) mass is 393 g/mol. The van der Waals surface area contributed by atoms with E-state index in [1.165, 1.54) is 25.9 Å². The largest absolute Gasteiger partial charge is 0.370 e. The number of likely N-dealkylation sites (tertiary alicyclic amines) is 1. The number of nitrogens with one attached hydrogen (secondary N) is 1. The Morgan fingerprint density at radius 2 is 1.93 bits per heavy atom. The van der Waals surface area contributed by atoms with Crippen LogP contribution in [0.25, 0.3) is 0 Å². The highest BCUT2D eigenvalue weighted by molar-refractivity contribution is 6.30. The first-order valence-corrected chi connectivity index (χ1v) is 10.6. The van der Waals surface area contributed by atoms with E-state index in [0.29, 0.717) is 24.7 Å². The molecule has 0 aliphatic carbocycles. The lowest BCUT2D eigenvalue weighted by Gasteiger charge is -2.33. The summed E-state index contributed by atoms with van der Waals surface area (Å²) in [4.78, 5) is 16.9. The summed E-state index contributed by atoms with van der Waals surface area (Å²) in [5.41, 5.74) is 1.06. The van der Waals surface area contributed by atoms with Crippen LogP contribution < -0.4 is 5.32 Å². The zero-order chi connectivity index (χ0) is 19.1. The molecule has 0 spiro atoms. The second-order valence-electron chi connectivity index (χ2n) is 7.82. The summed E-state index contributed by atoms with van der Waals surface area (Å²) in [5.74, 6) is 0.880. The Kier molecular flexibility index (Phi) is 7.80. The molecule has 2 amide bonds. The molecule has 1 aromatic carbocycles. The van der Waals surface area contributed by atoms with Gasteiger partial charge in [0.1, 0.15) is 6.10 Å². The fraction of sp³-hybridized carbons (Fsp3) is 0.667. The first-order chi connectivity index (χ1) is 13.1. The van der Waals surface area contributed by atoms with E-state index in [-0.39, 0.29) is 12.1 Å². The molecule has 150 valence electrons. The standard InChI is InChI=1S/C21H32ClN3O2/c1-17-8-12-24(13-9-17)11-3-2-10-23-21(26)25-14-15-27-20(16-25)18-4-6-19(22)7-5-18/h4-7,17,20H,2-3,8-16H2,1H3,(H,23,26). The molecule has 0 saturated carbocycles. The SMILES string of the molecule is CC1CCN(CCCCNC(=O)N2CCOC(c3ccc(Cl)cc3)C2)CC1. The van der Waals surface area contributed by atoms with Gasteiger partial charge in [-0.1, -0.05) is 30.7 Å². The molecular formula is C21H32ClN3O2. The maximum atomic E-state index is 12.5. The van der Waals surface area contributed by atoms with Crippen LogP contribution in [0.5, 0.6) is 0 Å². The molecule has 2 heterocycles. The van der Waals surface area contributed by atoms with Gasteiger partial charge in [0.05, 0.1) is 13.2 Å². The van der Waals surface area contributed by atoms with Crippen molar-refractivity contribution >= 4 is 17.6 Å². The second-order valence-corrected chi connectivity index (χ2v) is 8.26. The number of ether oxygens (including phenoxy) is 1. The molecule has 5 nitrogen and oxygen atoms in total. The van der Waals surface area contributed by atoms with Gasteiger partial charge in [0.2, 0.25) is 0 Å². The Morgan fingerprint density at radius 1 is 1.19 bits per heavy atom. The van der Waals surface area contributed by atoms with E-state index in [1.807, 2.05) is 29.2 Å². The smallest absolute Gasteiger partial charge is 0.317 e. The number of hydrogen-bond donors (Lipinski definition) is 1. The van der Waals surface area contributed by atoms with Gasteiger partial charge in [0, 0.05) is 18.1 Å². The van der Waals surface area contributed by atoms with Crippen molar-refractivity contribution in [3.8, 4) is 0 Å². The van der Waals surface area contributed by atoms with Crippen LogP contribution in [0.4, 0.5) is 4.79 Å². The van der Waals surface area contributed by atoms with Crippen molar-refractivity contribution in [2.45, 2.75) is 38.7 Å². The van der Waals surface area contributed by atoms with Crippen LogP contribution in [0.1, 0.15) is 44.3 Å². The molecule has 2 aliphatic rings. The van der Waals surface area contributed by atoms with Gasteiger partial charge in [-0.05, 0) is 68.9 Å². The summed E-state index contributed by atoms with van der Waals surface area (Å²) in [6.45, 7) is 8.48. The van der Waals surface area contributed by atoms with Crippen LogP contribution in [0, 0.1) is 5.92 Å². The number of carbonyl (C=O) groups excluding carboxylic acids is 1. The minimum absolute atomic E-state index is 0.0176. The number of carbonyl (C=O) groups is 1. The third-order valence-electron chi connectivity index (χ3n) is 5.65. The number of amides is 2. The molecule has 1 N–H and O–H groups in total. The third kappa shape index (κ3) is 6.37. The van der Waals surface area contributed by atoms with E-state index in [2.05, 4.69) is 17.1 Å². The van der Waals surface area contributed by atoms with Crippen molar-refractivity contribution in [3.63, 3.8) is 0 Å². The van der Waals surface area contributed by atoms with Gasteiger partial charge in [0.15, 0.2) is 0 Å². The van der Waals surface area contributed by atoms with Crippen molar-refractivity contribution in [3.05, 3.63) is 34.9 Å². The van der Waals surface area contributed by atoms with E-state index in [1.54, 1.807) is 0 Å². The van der Waals surface area contributed by atoms with Crippen LogP contribution in [-0.4, -0.2) is 61.7 Å². The summed E-state index contributed by atoms with van der Waals surface area (Å²) in [7, 11) is 0. The maximum Gasteiger partial charge on any atom is 0.317 e. The first-order valence-electron chi connectivity index (χ1n) is 10.2. The first kappa shape index (κ1) is 20.4. The number of unbranched alkanes of at least 4 members (excludes halogenated alkanes) is 1. The lowest BCUT2D eigenvalue weighted by atomic mass is 9.99. The number of morpholine rings is 1. The Hall–Kier alpha value is -1.30. The van der Waals surface area contributed by atoms with Crippen molar-refractivity contribution in [1.29, 1.82) is 0 Å². The average Bonchev–Trinajstić information content (AvgIpc) is 2.69. The molecule has 0 bridgehead atoms. The van der Waals surface area contributed by atoms with Crippen molar-refractivity contribution in [2.24, 2.45) is 5.92 Å². The van der Waals surface area contributed by atoms with Crippen LogP contribution in [0.2, 0.25) is 5.02 Å². The minimum Gasteiger partial charge on any atom is -0.370 e. The predicted molar refractivity (Wildman–Crippen MR) is 109 cm³/mol. The van der Waals surface area contributed by atoms with E-state index in [4.69, 9.17) is 16.3 Å². The van der Waals surface area contributed by atoms with Gasteiger partial charge in [-0.2, -0.15) is 0 Å². The Morgan fingerprint density at radius 3 is 2.67 bits per heavy atom. The number of hydrogen-bond acceptors (Lipinski definition) is 3. The summed E-state index contributed by atoms with van der Waals surface area (Å²) in [6.07, 6.45) is 4.74. The molecule has 0 aromatic heterocycles. The number of nitrogens with zero attached hydrogens (tertiary/aromatic N) is 2. The summed E-state index contributed by atoms with van der Waals surface area (Å²) in [5, 5.41) is 3.78. The molecule has 27 heavy (non-hydrogen) atoms. The molecule has 1 atom stereocenters. The topological polar surface area (TPSA) is 44.8 Å². The maximum absolute atomic E-state index is 12.5. The zero-order valence-electron chi connectivity index (χ0n) is 16.3. The molecule has 1 aromatic rings. The van der Waals surface area contributed by atoms with Gasteiger partial charge in [-0.3, -0.25) is 0 Å². The lowest BCUT2D eigenvalue weighted by Crippen LogP contribution is -2.47. The van der Waals surface area contributed by atoms with Gasteiger partial charge in [-0.15, -0.1) is 0 Å². The molecule has 0 radical (unpaired) electrons. The molecule has 3 rings (SSSR count). The normalized spacial score (nSPS) is 22.0. The molecule has 2 saturated heterocycles. The van der Waals surface area contributed by atoms with Gasteiger partial charge < -0.3 is 19.9 Å². The zero-order valence-corrected chi connectivity index (χ0v) is 17.1. The molecule has 6 heteroatoms. The van der Waals surface area contributed by atoms with Gasteiger partial charge >= 0.3 is 6.03 Å². The van der Waals surface area contributed by atoms with Crippen molar-refractivity contribution in [2.75, 3.05) is 45.9 Å². The Balaban J connectivity index is 1.33. The highest BCUT2D eigenvalue weighted by atomic mass is 35.5. The Labute approximate surface area is 168 Å². The summed E-state index contributed by atoms with van der Waals surface area (Å²) >= 11 is 5.95. The van der Waals surface area contributed by atoms with Gasteiger partial charge in [0.25, 0.3) is 0 Å². The second kappa shape index (κ2) is 10.3. The third-order valence-corrected chi connectivity index (χ3v) is 5.90. The van der Waals surface area contributed by atoms with Crippen molar-refractivity contribution in [1.82, 2.24) is 15.1 Å². The van der Waals surface area contributed by atoms with Crippen LogP contribution in [0.3, 0.4) is 0 Å². The number of benzene rings is 1. The molecule has 1 unspecified atom stereocenters. The van der Waals surface area contributed by atoms with Gasteiger partial charge in [-0.25, -0.2) is 4.79 Å². The fourth-order valence-corrected chi connectivity index (χ4v) is 3.89. The molecule has 2 fully saturated rings. The highest BCUT2D eigenvalue weighted by Crippen LogP contribution is 2.23. The van der Waals surface area contributed by atoms with E-state index >= 15 is 0 Å². The molecule has 2 aliphatic heterocycles. The van der Waals surface area contributed by atoms with Crippen LogP contribution in [-0.2, 0) is 4.74 Å². The average molecular weight is 394 g/mol. The minimum atomic E-state index is -0.0803. The highest BCUT2D eigenvalue weighted by Gasteiger charge is 2.25. The van der Waals surface area contributed by atoms with E-state index in [9.17, 15) is 4.79 Å². The Bertz CT molecular complexity index is 588. The number of rotatable bonds is 6. The molecular weight excluding hydrogens is 362 g/mol. The van der Waals surface area contributed by atoms with E-state index < -0.39 is 0 Å². The number of halogens is 1. The van der Waals surface area contributed by atoms with E-state index in [0.717, 1.165) is 37.4 Å². The summed E-state index contributed by atoms with van der Waals surface area (Å²) < 4.78 is 5.83. The number of urea groups is 1. The van der Waals surface area contributed by atoms with Crippen molar-refractivity contribution < 1.29 is 9.53 Å².